The van der Waals surface area contributed by atoms with Crippen molar-refractivity contribution in [3.05, 3.63) is 24.2 Å². The number of epoxide rings is 1. The van der Waals surface area contributed by atoms with Crippen LogP contribution in [0.2, 0.25) is 0 Å². The molecule has 42 heavy (non-hydrogen) atoms. The van der Waals surface area contributed by atoms with Gasteiger partial charge < -0.3 is 28.1 Å². The number of ether oxygens (including phenoxy) is 5. The van der Waals surface area contributed by atoms with Crippen LogP contribution in [0.25, 0.3) is 0 Å². The van der Waals surface area contributed by atoms with Gasteiger partial charge in [-0.05, 0) is 44.2 Å². The summed E-state index contributed by atoms with van der Waals surface area (Å²) in [5.41, 5.74) is -3.18. The van der Waals surface area contributed by atoms with Crippen LogP contribution >= 0.6 is 0 Å². The molecule has 0 aromatic carbocycles. The Bertz CT molecular complexity index is 1370. The van der Waals surface area contributed by atoms with E-state index in [0.717, 1.165) is 5.56 Å². The maximum atomic E-state index is 13.3. The first-order valence-corrected chi connectivity index (χ1v) is 15.1. The number of esters is 3. The molecule has 6 fully saturated rings. The molecule has 0 N–H and O–H groups in total. The van der Waals surface area contributed by atoms with Crippen LogP contribution in [0.3, 0.4) is 0 Å². The fourth-order valence-corrected chi connectivity index (χ4v) is 11.5. The first kappa shape index (κ1) is 28.1. The van der Waals surface area contributed by atoms with Crippen LogP contribution in [0.5, 0.6) is 0 Å². The molecule has 228 valence electrons. The zero-order valence-electron chi connectivity index (χ0n) is 25.3. The third-order valence-corrected chi connectivity index (χ3v) is 12.4. The van der Waals surface area contributed by atoms with Gasteiger partial charge in [-0.3, -0.25) is 19.2 Å². The van der Waals surface area contributed by atoms with E-state index in [1.807, 2.05) is 26.8 Å². The molecule has 1 aromatic heterocycles. The molecule has 2 aliphatic heterocycles. The average Bonchev–Trinajstić information content (AvgIpc) is 3.12. The summed E-state index contributed by atoms with van der Waals surface area (Å²) >= 11 is 0. The molecule has 4 saturated carbocycles. The molecule has 1 aromatic rings. The number of ketones is 1. The molecular weight excluding hydrogens is 544 g/mol. The molecule has 0 amide bonds. The van der Waals surface area contributed by atoms with E-state index in [2.05, 4.69) is 6.92 Å². The highest BCUT2D eigenvalue weighted by Crippen LogP contribution is 2.84. The van der Waals surface area contributed by atoms with Crippen molar-refractivity contribution in [3.63, 3.8) is 0 Å². The Labute approximate surface area is 245 Å². The van der Waals surface area contributed by atoms with Gasteiger partial charge in [0.15, 0.2) is 0 Å². The van der Waals surface area contributed by atoms with Gasteiger partial charge in [0.2, 0.25) is 0 Å². The minimum Gasteiger partial charge on any atom is -0.472 e. The van der Waals surface area contributed by atoms with Crippen molar-refractivity contribution in [2.45, 2.75) is 122 Å². The summed E-state index contributed by atoms with van der Waals surface area (Å²) in [6.45, 7) is 12.3. The van der Waals surface area contributed by atoms with Crippen molar-refractivity contribution in [1.82, 2.24) is 0 Å². The third-order valence-electron chi connectivity index (χ3n) is 12.4. The number of hydrogen-bond acceptors (Lipinski definition) is 10. The molecule has 10 nitrogen and oxygen atoms in total. The van der Waals surface area contributed by atoms with Crippen LogP contribution < -0.4 is 0 Å². The molecule has 4 aliphatic carbocycles. The summed E-state index contributed by atoms with van der Waals surface area (Å²) in [6, 6.07) is 1.91. The highest BCUT2D eigenvalue weighted by Gasteiger charge is 2.93. The van der Waals surface area contributed by atoms with Gasteiger partial charge in [-0.2, -0.15) is 0 Å². The Morgan fingerprint density at radius 2 is 1.57 bits per heavy atom. The summed E-state index contributed by atoms with van der Waals surface area (Å²) in [4.78, 5) is 51.9. The molecular formula is C32H40O10. The number of rotatable bonds is 4. The molecule has 3 heterocycles. The van der Waals surface area contributed by atoms with Gasteiger partial charge >= 0.3 is 17.9 Å². The highest BCUT2D eigenvalue weighted by atomic mass is 16.6. The van der Waals surface area contributed by atoms with Crippen LogP contribution in [-0.4, -0.2) is 65.4 Å². The molecule has 10 heteroatoms. The van der Waals surface area contributed by atoms with Gasteiger partial charge in [-0.1, -0.05) is 13.8 Å². The lowest BCUT2D eigenvalue weighted by Gasteiger charge is -2.68. The molecule has 7 rings (SSSR count). The number of carbonyl (C=O) groups excluding carboxylic acids is 4. The standard InChI is InChI=1S/C32H40O10/c1-15(33)38-22-12-21-28(4,5)41-23-10-19(36)13-31(21,23)26-25(39-16(2)34)27(40-17(3)35)29(6)20(18-8-9-37-14-18)11-24-32(29,42-24)30(22,26)7/h8-9,14,20-27H,10-13H2,1-7H3. The van der Waals surface area contributed by atoms with Crippen molar-refractivity contribution < 1.29 is 47.3 Å². The van der Waals surface area contributed by atoms with Gasteiger partial charge in [0.25, 0.3) is 0 Å². The van der Waals surface area contributed by atoms with Gasteiger partial charge in [-0.15, -0.1) is 0 Å². The van der Waals surface area contributed by atoms with Crippen LogP contribution in [0.1, 0.15) is 85.6 Å². The molecule has 12 atom stereocenters. The smallest absolute Gasteiger partial charge is 0.303 e. The molecule has 12 unspecified atom stereocenters. The summed E-state index contributed by atoms with van der Waals surface area (Å²) < 4.78 is 37.8. The van der Waals surface area contributed by atoms with E-state index in [-0.39, 0.29) is 36.6 Å². The minimum absolute atomic E-state index is 0.0844. The second kappa shape index (κ2) is 8.46. The van der Waals surface area contributed by atoms with Crippen LogP contribution in [0.4, 0.5) is 0 Å². The zero-order valence-corrected chi connectivity index (χ0v) is 25.3. The maximum Gasteiger partial charge on any atom is 0.303 e. The number of furan rings is 1. The van der Waals surface area contributed by atoms with Crippen molar-refractivity contribution >= 4 is 23.7 Å². The first-order chi connectivity index (χ1) is 19.6. The number of Topliss-reactive ketones (excluding diaryl/α,β-unsaturated/α-hetero) is 1. The molecule has 6 aliphatic rings. The fourth-order valence-electron chi connectivity index (χ4n) is 11.5. The first-order valence-electron chi connectivity index (χ1n) is 15.1. The maximum absolute atomic E-state index is 13.3. The zero-order chi connectivity index (χ0) is 30.2. The fraction of sp³-hybridized carbons (Fsp3) is 0.750. The molecule has 0 bridgehead atoms. The Kier molecular flexibility index (Phi) is 5.66. The van der Waals surface area contributed by atoms with E-state index < -0.39 is 75.7 Å². The largest absolute Gasteiger partial charge is 0.472 e. The average molecular weight is 585 g/mol. The Morgan fingerprint density at radius 3 is 2.19 bits per heavy atom. The van der Waals surface area contributed by atoms with E-state index in [9.17, 15) is 19.2 Å². The highest BCUT2D eigenvalue weighted by molar-refractivity contribution is 5.83. The number of hydrogen-bond donors (Lipinski definition) is 0. The van der Waals surface area contributed by atoms with E-state index in [1.165, 1.54) is 20.8 Å². The van der Waals surface area contributed by atoms with Gasteiger partial charge in [-0.25, -0.2) is 0 Å². The van der Waals surface area contributed by atoms with E-state index in [0.29, 0.717) is 12.8 Å². The summed E-state index contributed by atoms with van der Waals surface area (Å²) in [6.07, 6.45) is 1.77. The SMILES string of the molecule is CC(=O)OC1C(OC(C)=O)C2(C)C(c3ccoc3)CC3OC32C2(C)C(OC(C)=O)CC3C(C)(C)OC4CC(=O)CC43C12. The summed E-state index contributed by atoms with van der Waals surface area (Å²) in [7, 11) is 0. The van der Waals surface area contributed by atoms with Crippen molar-refractivity contribution in [2.75, 3.05) is 0 Å². The Morgan fingerprint density at radius 1 is 0.881 bits per heavy atom. The van der Waals surface area contributed by atoms with E-state index >= 15 is 0 Å². The van der Waals surface area contributed by atoms with Crippen LogP contribution in [0.15, 0.2) is 23.0 Å². The molecule has 2 spiro atoms. The quantitative estimate of drug-likeness (QED) is 0.292. The summed E-state index contributed by atoms with van der Waals surface area (Å²) in [5.74, 6) is -2.29. The topological polar surface area (TPSA) is 131 Å². The lowest BCUT2D eigenvalue weighted by atomic mass is 9.36. The Hall–Kier alpha value is -2.72. The van der Waals surface area contributed by atoms with Crippen molar-refractivity contribution in [1.29, 1.82) is 0 Å². The van der Waals surface area contributed by atoms with Crippen molar-refractivity contribution in [3.8, 4) is 0 Å². The van der Waals surface area contributed by atoms with Gasteiger partial charge in [0, 0.05) is 61.7 Å². The van der Waals surface area contributed by atoms with Crippen molar-refractivity contribution in [2.24, 2.45) is 28.1 Å². The Balaban J connectivity index is 1.53. The van der Waals surface area contributed by atoms with E-state index in [4.69, 9.17) is 28.1 Å². The third kappa shape index (κ3) is 3.13. The van der Waals surface area contributed by atoms with Crippen LogP contribution in [-0.2, 0) is 42.9 Å². The predicted octanol–water partition coefficient (Wildman–Crippen LogP) is 3.89. The number of fused-ring (bicyclic) bond motifs is 1. The van der Waals surface area contributed by atoms with Gasteiger partial charge in [0.05, 0.1) is 30.3 Å². The summed E-state index contributed by atoms with van der Waals surface area (Å²) in [5, 5.41) is 0. The minimum atomic E-state index is -0.948. The van der Waals surface area contributed by atoms with Gasteiger partial charge in [0.1, 0.15) is 29.7 Å². The lowest BCUT2D eigenvalue weighted by Crippen LogP contribution is -2.78. The van der Waals surface area contributed by atoms with E-state index in [1.54, 1.807) is 12.5 Å². The monoisotopic (exact) mass is 584 g/mol. The second-order valence-corrected chi connectivity index (χ2v) is 14.5. The van der Waals surface area contributed by atoms with Crippen LogP contribution in [0, 0.1) is 28.1 Å². The lowest BCUT2D eigenvalue weighted by molar-refractivity contribution is -0.298. The number of carbonyl (C=O) groups is 4. The second-order valence-electron chi connectivity index (χ2n) is 14.5. The molecule has 2 saturated heterocycles. The normalized spacial score (nSPS) is 49.2. The predicted molar refractivity (Wildman–Crippen MR) is 144 cm³/mol. The molecule has 0 radical (unpaired) electrons.